The smallest absolute Gasteiger partial charge is 0.122 e. The molecular weight excluding hydrogens is 318 g/mol. The summed E-state index contributed by atoms with van der Waals surface area (Å²) < 4.78 is 6.14. The van der Waals surface area contributed by atoms with E-state index in [0.29, 0.717) is 12.1 Å². The molecule has 2 aromatic rings. The molecule has 0 atom stereocenters. The Morgan fingerprint density at radius 1 is 1.25 bits per heavy atom. The molecule has 0 aromatic heterocycles. The highest BCUT2D eigenvalue weighted by molar-refractivity contribution is 9.10. The van der Waals surface area contributed by atoms with Gasteiger partial charge in [-0.25, -0.2) is 0 Å². The number of nitrogens with zero attached hydrogens (tertiary/aromatic N) is 1. The van der Waals surface area contributed by atoms with Crippen molar-refractivity contribution in [3.05, 3.63) is 46.4 Å². The number of nitriles is 1. The maximum Gasteiger partial charge on any atom is 0.122 e. The van der Waals surface area contributed by atoms with Gasteiger partial charge in [0.15, 0.2) is 0 Å². The van der Waals surface area contributed by atoms with Crippen LogP contribution in [0.2, 0.25) is 0 Å². The van der Waals surface area contributed by atoms with E-state index in [1.54, 1.807) is 13.2 Å². The Kier molecular flexibility index (Phi) is 4.49. The number of rotatable bonds is 4. The van der Waals surface area contributed by atoms with Crippen molar-refractivity contribution >= 4 is 33.0 Å². The number of nitrogen functional groups attached to an aromatic ring is 1. The highest BCUT2D eigenvalue weighted by Crippen LogP contribution is 2.28. The van der Waals surface area contributed by atoms with Crippen LogP contribution < -0.4 is 15.8 Å². The van der Waals surface area contributed by atoms with Crippen LogP contribution in [0.25, 0.3) is 0 Å². The molecular formula is C15H14BrN3O. The van der Waals surface area contributed by atoms with Crippen molar-refractivity contribution in [2.45, 2.75) is 6.42 Å². The first-order valence-electron chi connectivity index (χ1n) is 5.99. The van der Waals surface area contributed by atoms with E-state index < -0.39 is 0 Å². The zero-order valence-electron chi connectivity index (χ0n) is 11.0. The van der Waals surface area contributed by atoms with E-state index >= 15 is 0 Å². The van der Waals surface area contributed by atoms with Crippen LogP contribution >= 0.6 is 15.9 Å². The molecule has 0 spiro atoms. The van der Waals surface area contributed by atoms with Gasteiger partial charge in [-0.15, -0.1) is 0 Å². The molecule has 4 nitrogen and oxygen atoms in total. The monoisotopic (exact) mass is 331 g/mol. The summed E-state index contributed by atoms with van der Waals surface area (Å²) in [6.45, 7) is 0. The minimum absolute atomic E-state index is 0.295. The summed E-state index contributed by atoms with van der Waals surface area (Å²) in [7, 11) is 1.62. The summed E-state index contributed by atoms with van der Waals surface area (Å²) >= 11 is 3.44. The van der Waals surface area contributed by atoms with Crippen molar-refractivity contribution in [2.75, 3.05) is 18.2 Å². The van der Waals surface area contributed by atoms with E-state index in [2.05, 4.69) is 27.3 Å². The maximum atomic E-state index is 8.78. The topological polar surface area (TPSA) is 71.1 Å². The lowest BCUT2D eigenvalue weighted by Gasteiger charge is -2.11. The summed E-state index contributed by atoms with van der Waals surface area (Å²) in [6, 6.07) is 13.4. The molecule has 0 unspecified atom stereocenters. The predicted octanol–water partition coefficient (Wildman–Crippen LogP) is 3.85. The molecule has 2 aromatic carbocycles. The second-order valence-electron chi connectivity index (χ2n) is 4.25. The highest BCUT2D eigenvalue weighted by atomic mass is 79.9. The minimum Gasteiger partial charge on any atom is -0.497 e. The summed E-state index contributed by atoms with van der Waals surface area (Å²) in [5, 5.41) is 12.1. The van der Waals surface area contributed by atoms with Crippen LogP contribution in [0.4, 0.5) is 17.1 Å². The van der Waals surface area contributed by atoms with E-state index in [1.807, 2.05) is 30.3 Å². The van der Waals surface area contributed by atoms with Crippen molar-refractivity contribution in [3.8, 4) is 11.8 Å². The number of hydrogen-bond donors (Lipinski definition) is 2. The number of hydrogen-bond acceptors (Lipinski definition) is 4. The Balaban J connectivity index is 2.28. The fourth-order valence-corrected chi connectivity index (χ4v) is 2.31. The van der Waals surface area contributed by atoms with Crippen LogP contribution in [0.3, 0.4) is 0 Å². The van der Waals surface area contributed by atoms with Gasteiger partial charge in [0, 0.05) is 27.6 Å². The standard InChI is InChI=1S/C15H14BrN3O/c1-20-14-8-11(16)7-13(9-14)19-12-2-3-15(18)10(6-12)4-5-17/h2-3,6-9,19H,4,18H2,1H3. The van der Waals surface area contributed by atoms with Gasteiger partial charge in [-0.3, -0.25) is 0 Å². The van der Waals surface area contributed by atoms with Crippen LogP contribution in [0.1, 0.15) is 5.56 Å². The molecule has 0 saturated carbocycles. The molecule has 0 radical (unpaired) electrons. The number of methoxy groups -OCH3 is 1. The zero-order chi connectivity index (χ0) is 14.5. The second kappa shape index (κ2) is 6.31. The second-order valence-corrected chi connectivity index (χ2v) is 5.17. The van der Waals surface area contributed by atoms with Crippen molar-refractivity contribution < 1.29 is 4.74 Å². The molecule has 5 heteroatoms. The number of benzene rings is 2. The molecule has 0 aliphatic carbocycles. The zero-order valence-corrected chi connectivity index (χ0v) is 12.6. The summed E-state index contributed by atoms with van der Waals surface area (Å²) in [5.41, 5.74) is 9.05. The molecule has 0 aliphatic rings. The van der Waals surface area contributed by atoms with E-state index in [1.165, 1.54) is 0 Å². The van der Waals surface area contributed by atoms with E-state index in [-0.39, 0.29) is 0 Å². The molecule has 0 aliphatic heterocycles. The number of nitrogens with two attached hydrogens (primary N) is 1. The number of halogens is 1. The van der Waals surface area contributed by atoms with E-state index in [4.69, 9.17) is 15.7 Å². The van der Waals surface area contributed by atoms with Gasteiger partial charge in [0.25, 0.3) is 0 Å². The summed E-state index contributed by atoms with van der Waals surface area (Å²) in [5.74, 6) is 0.759. The molecule has 0 heterocycles. The van der Waals surface area contributed by atoms with Gasteiger partial charge in [-0.05, 0) is 35.9 Å². The Morgan fingerprint density at radius 3 is 2.75 bits per heavy atom. The van der Waals surface area contributed by atoms with Gasteiger partial charge in [0.2, 0.25) is 0 Å². The molecule has 0 amide bonds. The molecule has 0 fully saturated rings. The van der Waals surface area contributed by atoms with Crippen molar-refractivity contribution in [1.29, 1.82) is 5.26 Å². The van der Waals surface area contributed by atoms with Crippen LogP contribution in [0.5, 0.6) is 5.75 Å². The maximum absolute atomic E-state index is 8.78. The lowest BCUT2D eigenvalue weighted by atomic mass is 10.1. The van der Waals surface area contributed by atoms with Gasteiger partial charge in [-0.2, -0.15) is 5.26 Å². The molecule has 20 heavy (non-hydrogen) atoms. The van der Waals surface area contributed by atoms with E-state index in [9.17, 15) is 0 Å². The predicted molar refractivity (Wildman–Crippen MR) is 84.1 cm³/mol. The molecule has 0 bridgehead atoms. The first-order valence-corrected chi connectivity index (χ1v) is 6.78. The van der Waals surface area contributed by atoms with Gasteiger partial charge < -0.3 is 15.8 Å². The average molecular weight is 332 g/mol. The Hall–Kier alpha value is -2.19. The van der Waals surface area contributed by atoms with Crippen LogP contribution in [-0.2, 0) is 6.42 Å². The highest BCUT2D eigenvalue weighted by Gasteiger charge is 2.03. The Morgan fingerprint density at radius 2 is 2.05 bits per heavy atom. The van der Waals surface area contributed by atoms with Crippen LogP contribution in [0.15, 0.2) is 40.9 Å². The van der Waals surface area contributed by atoms with Gasteiger partial charge in [-0.1, -0.05) is 15.9 Å². The fraction of sp³-hybridized carbons (Fsp3) is 0.133. The van der Waals surface area contributed by atoms with Gasteiger partial charge in [0.1, 0.15) is 5.75 Å². The molecule has 2 rings (SSSR count). The minimum atomic E-state index is 0.295. The van der Waals surface area contributed by atoms with Crippen LogP contribution in [0, 0.1) is 11.3 Å². The average Bonchev–Trinajstić information content (AvgIpc) is 2.42. The third-order valence-corrected chi connectivity index (χ3v) is 3.27. The lowest BCUT2D eigenvalue weighted by Crippen LogP contribution is -1.97. The van der Waals surface area contributed by atoms with Crippen molar-refractivity contribution in [2.24, 2.45) is 0 Å². The summed E-state index contributed by atoms with van der Waals surface area (Å²) in [6.07, 6.45) is 0.295. The largest absolute Gasteiger partial charge is 0.497 e. The Labute approximate surface area is 126 Å². The van der Waals surface area contributed by atoms with Gasteiger partial charge in [0.05, 0.1) is 19.6 Å². The number of nitrogens with one attached hydrogen (secondary N) is 1. The summed E-state index contributed by atoms with van der Waals surface area (Å²) in [4.78, 5) is 0. The van der Waals surface area contributed by atoms with Crippen molar-refractivity contribution in [1.82, 2.24) is 0 Å². The molecule has 0 saturated heterocycles. The Bertz CT molecular complexity index is 665. The van der Waals surface area contributed by atoms with Crippen LogP contribution in [-0.4, -0.2) is 7.11 Å². The van der Waals surface area contributed by atoms with E-state index in [0.717, 1.165) is 27.2 Å². The number of ether oxygens (including phenoxy) is 1. The quantitative estimate of drug-likeness (QED) is 0.834. The normalized spacial score (nSPS) is 9.85. The first kappa shape index (κ1) is 14.2. The third-order valence-electron chi connectivity index (χ3n) is 2.81. The SMILES string of the molecule is COc1cc(Br)cc(Nc2ccc(N)c(CC#N)c2)c1. The number of anilines is 3. The fourth-order valence-electron chi connectivity index (χ4n) is 1.84. The first-order chi connectivity index (χ1) is 9.62. The molecule has 102 valence electrons. The van der Waals surface area contributed by atoms with Gasteiger partial charge >= 0.3 is 0 Å². The van der Waals surface area contributed by atoms with Crippen molar-refractivity contribution in [3.63, 3.8) is 0 Å². The molecule has 3 N–H and O–H groups in total. The lowest BCUT2D eigenvalue weighted by molar-refractivity contribution is 0.415. The third kappa shape index (κ3) is 3.43.